The molecule has 4 aromatic carbocycles. The molecule has 4 aromatic rings. The molecule has 35 heavy (non-hydrogen) atoms. The zero-order chi connectivity index (χ0) is 24.5. The summed E-state index contributed by atoms with van der Waals surface area (Å²) in [5, 5.41) is 5.20. The topological polar surface area (TPSA) is 59.9 Å². The zero-order valence-electron chi connectivity index (χ0n) is 18.7. The Bertz CT molecular complexity index is 1310. The molecule has 0 aliphatic rings. The molecule has 0 saturated heterocycles. The van der Waals surface area contributed by atoms with E-state index < -0.39 is 0 Å². The maximum absolute atomic E-state index is 12.5. The average Bonchev–Trinajstić information content (AvgIpc) is 2.88. The van der Waals surface area contributed by atoms with Crippen LogP contribution in [0.4, 0.5) is 0 Å². The normalized spacial score (nSPS) is 10.8. The summed E-state index contributed by atoms with van der Waals surface area (Å²) in [6.45, 7) is 0.730. The summed E-state index contributed by atoms with van der Waals surface area (Å²) in [7, 11) is 0. The lowest BCUT2D eigenvalue weighted by Gasteiger charge is -2.09. The van der Waals surface area contributed by atoms with Gasteiger partial charge in [0, 0.05) is 26.7 Å². The van der Waals surface area contributed by atoms with Gasteiger partial charge in [0.1, 0.15) is 24.7 Å². The molecule has 7 heteroatoms. The van der Waals surface area contributed by atoms with Crippen LogP contribution in [0.2, 0.25) is 10.0 Å². The maximum Gasteiger partial charge on any atom is 0.271 e. The van der Waals surface area contributed by atoms with Crippen molar-refractivity contribution in [3.8, 4) is 11.5 Å². The van der Waals surface area contributed by atoms with E-state index in [1.807, 2.05) is 60.7 Å². The van der Waals surface area contributed by atoms with Gasteiger partial charge in [0.2, 0.25) is 0 Å². The van der Waals surface area contributed by atoms with Crippen molar-refractivity contribution < 1.29 is 14.3 Å². The summed E-state index contributed by atoms with van der Waals surface area (Å²) in [5.41, 5.74) is 5.64. The van der Waals surface area contributed by atoms with E-state index in [0.717, 1.165) is 16.7 Å². The molecule has 0 heterocycles. The van der Waals surface area contributed by atoms with Crippen LogP contribution in [-0.2, 0) is 13.2 Å². The van der Waals surface area contributed by atoms with Crippen molar-refractivity contribution in [1.29, 1.82) is 0 Å². The van der Waals surface area contributed by atoms with Gasteiger partial charge in [0.15, 0.2) is 0 Å². The van der Waals surface area contributed by atoms with E-state index in [0.29, 0.717) is 33.7 Å². The number of carbonyl (C=O) groups is 1. The van der Waals surface area contributed by atoms with Gasteiger partial charge in [-0.05, 0) is 54.1 Å². The van der Waals surface area contributed by atoms with Crippen LogP contribution in [0.3, 0.4) is 0 Å². The van der Waals surface area contributed by atoms with E-state index in [4.69, 9.17) is 32.7 Å². The number of rotatable bonds is 9. The summed E-state index contributed by atoms with van der Waals surface area (Å²) in [6, 6.07) is 29.4. The van der Waals surface area contributed by atoms with Gasteiger partial charge in [-0.25, -0.2) is 5.43 Å². The first-order chi connectivity index (χ1) is 17.1. The molecule has 0 aliphatic carbocycles. The highest BCUT2D eigenvalue weighted by Gasteiger charge is 2.07. The molecule has 0 radical (unpaired) electrons. The van der Waals surface area contributed by atoms with Crippen molar-refractivity contribution in [3.63, 3.8) is 0 Å². The molecule has 0 fully saturated rings. The molecular weight excluding hydrogens is 483 g/mol. The number of hydrogen-bond acceptors (Lipinski definition) is 4. The van der Waals surface area contributed by atoms with Crippen LogP contribution < -0.4 is 14.9 Å². The molecule has 0 aliphatic heterocycles. The molecule has 1 amide bonds. The van der Waals surface area contributed by atoms with Gasteiger partial charge in [-0.2, -0.15) is 5.10 Å². The Labute approximate surface area is 213 Å². The van der Waals surface area contributed by atoms with Gasteiger partial charge in [0.05, 0.1) is 6.21 Å². The summed E-state index contributed by atoms with van der Waals surface area (Å²) < 4.78 is 11.7. The Morgan fingerprint density at radius 2 is 1.57 bits per heavy atom. The zero-order valence-corrected chi connectivity index (χ0v) is 20.2. The van der Waals surface area contributed by atoms with Crippen LogP contribution in [0.5, 0.6) is 11.5 Å². The van der Waals surface area contributed by atoms with Gasteiger partial charge in [-0.1, -0.05) is 71.7 Å². The first-order valence-electron chi connectivity index (χ1n) is 10.8. The maximum atomic E-state index is 12.5. The lowest BCUT2D eigenvalue weighted by Crippen LogP contribution is -2.17. The molecule has 0 aromatic heterocycles. The highest BCUT2D eigenvalue weighted by Crippen LogP contribution is 2.23. The molecule has 1 N–H and O–H groups in total. The van der Waals surface area contributed by atoms with Crippen molar-refractivity contribution in [3.05, 3.63) is 129 Å². The molecule has 5 nitrogen and oxygen atoms in total. The van der Waals surface area contributed by atoms with Crippen molar-refractivity contribution in [2.24, 2.45) is 5.10 Å². The second kappa shape index (κ2) is 12.1. The minimum Gasteiger partial charge on any atom is -0.489 e. The fourth-order valence-corrected chi connectivity index (χ4v) is 3.64. The lowest BCUT2D eigenvalue weighted by molar-refractivity contribution is 0.0955. The predicted molar refractivity (Wildman–Crippen MR) is 140 cm³/mol. The highest BCUT2D eigenvalue weighted by molar-refractivity contribution is 6.35. The van der Waals surface area contributed by atoms with Crippen LogP contribution in [0.1, 0.15) is 27.0 Å². The molecule has 0 spiro atoms. The number of nitrogens with zero attached hydrogens (tertiary/aromatic N) is 1. The number of carbonyl (C=O) groups excluding carboxylic acids is 1. The fraction of sp³-hybridized carbons (Fsp3) is 0.0714. The number of nitrogens with one attached hydrogen (secondary N) is 1. The van der Waals surface area contributed by atoms with Crippen LogP contribution in [0, 0.1) is 0 Å². The minimum atomic E-state index is -0.337. The van der Waals surface area contributed by atoms with Crippen LogP contribution >= 0.6 is 23.2 Å². The number of para-hydroxylation sites is 1. The lowest BCUT2D eigenvalue weighted by atomic mass is 10.2. The molecule has 176 valence electrons. The van der Waals surface area contributed by atoms with Crippen molar-refractivity contribution >= 4 is 35.3 Å². The summed E-state index contributed by atoms with van der Waals surface area (Å²) in [6.07, 6.45) is 1.56. The van der Waals surface area contributed by atoms with E-state index in [9.17, 15) is 4.79 Å². The Morgan fingerprint density at radius 3 is 2.34 bits per heavy atom. The Balaban J connectivity index is 1.31. The van der Waals surface area contributed by atoms with Gasteiger partial charge >= 0.3 is 0 Å². The SMILES string of the molecule is O=C(N/N=C/c1ccccc1OCc1ccccc1)c1ccc(OCc2ccc(Cl)cc2Cl)cc1. The number of hydrogen-bond donors (Lipinski definition) is 1. The second-order valence-corrected chi connectivity index (χ2v) is 8.40. The van der Waals surface area contributed by atoms with E-state index in [1.165, 1.54) is 0 Å². The quantitative estimate of drug-likeness (QED) is 0.199. The van der Waals surface area contributed by atoms with Crippen LogP contribution in [0.15, 0.2) is 102 Å². The number of halogens is 2. The fourth-order valence-electron chi connectivity index (χ4n) is 3.18. The third-order valence-corrected chi connectivity index (χ3v) is 5.64. The van der Waals surface area contributed by atoms with Gasteiger partial charge in [-0.3, -0.25) is 4.79 Å². The minimum absolute atomic E-state index is 0.289. The summed E-state index contributed by atoms with van der Waals surface area (Å²) in [4.78, 5) is 12.5. The van der Waals surface area contributed by atoms with E-state index >= 15 is 0 Å². The molecular formula is C28H22Cl2N2O3. The Hall–Kier alpha value is -3.80. The third kappa shape index (κ3) is 7.09. The second-order valence-electron chi connectivity index (χ2n) is 7.56. The summed E-state index contributed by atoms with van der Waals surface area (Å²) >= 11 is 12.1. The largest absolute Gasteiger partial charge is 0.489 e. The third-order valence-electron chi connectivity index (χ3n) is 5.05. The Kier molecular flexibility index (Phi) is 8.39. The van der Waals surface area contributed by atoms with E-state index in [2.05, 4.69) is 10.5 Å². The molecule has 0 saturated carbocycles. The van der Waals surface area contributed by atoms with Crippen LogP contribution in [-0.4, -0.2) is 12.1 Å². The standard InChI is InChI=1S/C28H22Cl2N2O3/c29-24-13-10-23(26(30)16-24)19-34-25-14-11-21(12-15-25)28(33)32-31-17-22-8-4-5-9-27(22)35-18-20-6-2-1-3-7-20/h1-17H,18-19H2,(H,32,33)/b31-17+. The predicted octanol–water partition coefficient (Wildman–Crippen LogP) is 6.92. The van der Waals surface area contributed by atoms with Gasteiger partial charge in [-0.15, -0.1) is 0 Å². The van der Waals surface area contributed by atoms with Gasteiger partial charge < -0.3 is 9.47 Å². The number of hydrazone groups is 1. The van der Waals surface area contributed by atoms with Crippen molar-refractivity contribution in [2.75, 3.05) is 0 Å². The number of amides is 1. The molecule has 0 unspecified atom stereocenters. The molecule has 0 bridgehead atoms. The number of benzene rings is 4. The van der Waals surface area contributed by atoms with Crippen molar-refractivity contribution in [2.45, 2.75) is 13.2 Å². The average molecular weight is 505 g/mol. The first-order valence-corrected chi connectivity index (χ1v) is 11.6. The summed E-state index contributed by atoms with van der Waals surface area (Å²) in [5.74, 6) is 0.952. The van der Waals surface area contributed by atoms with E-state index in [1.54, 1.807) is 42.6 Å². The van der Waals surface area contributed by atoms with Gasteiger partial charge in [0.25, 0.3) is 5.91 Å². The number of ether oxygens (including phenoxy) is 2. The van der Waals surface area contributed by atoms with Crippen molar-refractivity contribution in [1.82, 2.24) is 5.43 Å². The van der Waals surface area contributed by atoms with E-state index in [-0.39, 0.29) is 12.5 Å². The Morgan fingerprint density at radius 1 is 0.829 bits per heavy atom. The molecule has 0 atom stereocenters. The smallest absolute Gasteiger partial charge is 0.271 e. The monoisotopic (exact) mass is 504 g/mol. The van der Waals surface area contributed by atoms with Crippen LogP contribution in [0.25, 0.3) is 0 Å². The molecule has 4 rings (SSSR count). The first kappa shape index (κ1) is 24.3. The highest BCUT2D eigenvalue weighted by atomic mass is 35.5.